The van der Waals surface area contributed by atoms with E-state index in [9.17, 15) is 4.79 Å². The normalized spacial score (nSPS) is 10.8. The second kappa shape index (κ2) is 4.71. The van der Waals surface area contributed by atoms with E-state index in [1.165, 1.54) is 0 Å². The van der Waals surface area contributed by atoms with Gasteiger partial charge in [0.25, 0.3) is 0 Å². The number of carbonyl (C=O) groups is 1. The van der Waals surface area contributed by atoms with E-state index in [0.717, 1.165) is 5.39 Å². The minimum Gasteiger partial charge on any atom is -0.459 e. The van der Waals surface area contributed by atoms with Gasteiger partial charge in [0.2, 0.25) is 0 Å². The van der Waals surface area contributed by atoms with Crippen molar-refractivity contribution >= 4 is 16.8 Å². The molecule has 0 aliphatic heterocycles. The number of aliphatic hydroxyl groups excluding tert-OH is 1. The van der Waals surface area contributed by atoms with Crippen LogP contribution >= 0.6 is 0 Å². The molecule has 0 fully saturated rings. The molecule has 3 aromatic rings. The number of hydrogen-bond donors (Lipinski definition) is 1. The Morgan fingerprint density at radius 3 is 2.53 bits per heavy atom. The highest BCUT2D eigenvalue weighted by Crippen LogP contribution is 2.22. The Balaban J connectivity index is 2.03. The van der Waals surface area contributed by atoms with E-state index in [0.29, 0.717) is 22.5 Å². The Kier molecular flexibility index (Phi) is 2.89. The van der Waals surface area contributed by atoms with Crippen LogP contribution in [0.25, 0.3) is 11.0 Å². The summed E-state index contributed by atoms with van der Waals surface area (Å²) in [6, 6.07) is 16.2. The predicted molar refractivity (Wildman–Crippen MR) is 72.0 cm³/mol. The quantitative estimate of drug-likeness (QED) is 0.728. The first-order valence-electron chi connectivity index (χ1n) is 6.01. The van der Waals surface area contributed by atoms with Crippen LogP contribution in [0.5, 0.6) is 0 Å². The van der Waals surface area contributed by atoms with Gasteiger partial charge in [-0.3, -0.25) is 4.79 Å². The molecule has 1 N–H and O–H groups in total. The predicted octanol–water partition coefficient (Wildman–Crippen LogP) is 3.16. The van der Waals surface area contributed by atoms with Crippen molar-refractivity contribution in [1.29, 1.82) is 0 Å². The maximum atomic E-state index is 12.3. The number of fused-ring (bicyclic) bond motifs is 1. The maximum Gasteiger partial charge on any atom is 0.193 e. The summed E-state index contributed by atoms with van der Waals surface area (Å²) in [7, 11) is 0. The monoisotopic (exact) mass is 252 g/mol. The molecule has 1 aromatic heterocycles. The van der Waals surface area contributed by atoms with E-state index in [2.05, 4.69) is 0 Å². The van der Waals surface area contributed by atoms with Gasteiger partial charge in [-0.2, -0.15) is 0 Å². The highest BCUT2D eigenvalue weighted by molar-refractivity contribution is 6.10. The van der Waals surface area contributed by atoms with Crippen LogP contribution in [0.15, 0.2) is 59.0 Å². The number of carbonyl (C=O) groups excluding carboxylic acids is 1. The van der Waals surface area contributed by atoms with E-state index in [-0.39, 0.29) is 12.4 Å². The van der Waals surface area contributed by atoms with Gasteiger partial charge < -0.3 is 9.52 Å². The lowest BCUT2D eigenvalue weighted by atomic mass is 10.0. The van der Waals surface area contributed by atoms with Gasteiger partial charge >= 0.3 is 0 Å². The molecule has 19 heavy (non-hydrogen) atoms. The second-order valence-electron chi connectivity index (χ2n) is 4.32. The summed E-state index contributed by atoms with van der Waals surface area (Å²) in [6.45, 7) is -0.142. The summed E-state index contributed by atoms with van der Waals surface area (Å²) in [5.74, 6) is 0.480. The van der Waals surface area contributed by atoms with Crippen LogP contribution in [0.4, 0.5) is 0 Å². The summed E-state index contributed by atoms with van der Waals surface area (Å²) < 4.78 is 5.40. The molecule has 0 amide bonds. The van der Waals surface area contributed by atoms with E-state index in [1.54, 1.807) is 36.4 Å². The zero-order chi connectivity index (χ0) is 13.2. The molecule has 0 bridgehead atoms. The van der Waals surface area contributed by atoms with Crippen molar-refractivity contribution in [2.45, 2.75) is 6.61 Å². The Bertz CT molecular complexity index is 726. The van der Waals surface area contributed by atoms with Crippen LogP contribution in [-0.2, 0) is 6.61 Å². The van der Waals surface area contributed by atoms with Gasteiger partial charge in [-0.1, -0.05) is 30.3 Å². The lowest BCUT2D eigenvalue weighted by molar-refractivity contribution is 0.103. The fourth-order valence-electron chi connectivity index (χ4n) is 2.07. The molecular weight excluding hydrogens is 240 g/mol. The van der Waals surface area contributed by atoms with Gasteiger partial charge in [-0.15, -0.1) is 0 Å². The average molecular weight is 252 g/mol. The topological polar surface area (TPSA) is 50.4 Å². The Morgan fingerprint density at radius 2 is 1.79 bits per heavy atom. The van der Waals surface area contributed by atoms with Crippen molar-refractivity contribution in [2.24, 2.45) is 0 Å². The molecule has 94 valence electrons. The highest BCUT2D eigenvalue weighted by atomic mass is 16.4. The van der Waals surface area contributed by atoms with Crippen molar-refractivity contribution in [3.63, 3.8) is 0 Å². The van der Waals surface area contributed by atoms with Crippen LogP contribution < -0.4 is 0 Å². The summed E-state index contributed by atoms with van der Waals surface area (Å²) in [5.41, 5.74) is 1.95. The first-order chi connectivity index (χ1) is 9.28. The number of ketones is 1. The van der Waals surface area contributed by atoms with E-state index >= 15 is 0 Å². The van der Waals surface area contributed by atoms with E-state index < -0.39 is 0 Å². The molecule has 0 spiro atoms. The molecule has 3 nitrogen and oxygen atoms in total. The van der Waals surface area contributed by atoms with Gasteiger partial charge in [0.1, 0.15) is 18.0 Å². The number of hydrogen-bond acceptors (Lipinski definition) is 3. The molecule has 2 aromatic carbocycles. The zero-order valence-electron chi connectivity index (χ0n) is 10.2. The Labute approximate surface area is 110 Å². The summed E-state index contributed by atoms with van der Waals surface area (Å²) in [5, 5.41) is 9.86. The molecule has 1 heterocycles. The summed E-state index contributed by atoms with van der Waals surface area (Å²) >= 11 is 0. The molecule has 0 atom stereocenters. The average Bonchev–Trinajstić information content (AvgIpc) is 2.89. The molecule has 0 saturated carbocycles. The molecular formula is C16H12O3. The van der Waals surface area contributed by atoms with E-state index in [1.807, 2.05) is 18.2 Å². The maximum absolute atomic E-state index is 12.3. The van der Waals surface area contributed by atoms with Crippen molar-refractivity contribution in [1.82, 2.24) is 0 Å². The van der Waals surface area contributed by atoms with E-state index in [4.69, 9.17) is 9.52 Å². The highest BCUT2D eigenvalue weighted by Gasteiger charge is 2.10. The largest absolute Gasteiger partial charge is 0.459 e. The van der Waals surface area contributed by atoms with Gasteiger partial charge in [0.05, 0.1) is 0 Å². The zero-order valence-corrected chi connectivity index (χ0v) is 10.2. The third-order valence-electron chi connectivity index (χ3n) is 3.02. The minimum atomic E-state index is -0.142. The molecule has 3 rings (SSSR count). The van der Waals surface area contributed by atoms with Crippen molar-refractivity contribution in [3.8, 4) is 0 Å². The molecule has 0 aliphatic carbocycles. The Hall–Kier alpha value is -2.39. The number of rotatable bonds is 3. The molecule has 0 aliphatic rings. The van der Waals surface area contributed by atoms with Crippen molar-refractivity contribution < 1.29 is 14.3 Å². The number of benzene rings is 2. The van der Waals surface area contributed by atoms with Crippen LogP contribution in [0.3, 0.4) is 0 Å². The second-order valence-corrected chi connectivity index (χ2v) is 4.32. The number of aliphatic hydroxyl groups is 1. The third kappa shape index (κ3) is 2.16. The lowest BCUT2D eigenvalue weighted by Crippen LogP contribution is -2.00. The van der Waals surface area contributed by atoms with Gasteiger partial charge in [-0.05, 0) is 24.3 Å². The molecule has 0 unspecified atom stereocenters. The molecule has 0 saturated heterocycles. The Morgan fingerprint density at radius 1 is 1.00 bits per heavy atom. The van der Waals surface area contributed by atoms with Crippen molar-refractivity contribution in [3.05, 3.63) is 71.5 Å². The fraction of sp³-hybridized carbons (Fsp3) is 0.0625. The third-order valence-corrected chi connectivity index (χ3v) is 3.02. The number of furan rings is 1. The first-order valence-corrected chi connectivity index (χ1v) is 6.01. The van der Waals surface area contributed by atoms with Gasteiger partial charge in [0, 0.05) is 16.5 Å². The van der Waals surface area contributed by atoms with Crippen LogP contribution in [0, 0.1) is 0 Å². The van der Waals surface area contributed by atoms with Crippen molar-refractivity contribution in [2.75, 3.05) is 0 Å². The smallest absolute Gasteiger partial charge is 0.193 e. The first kappa shape index (κ1) is 11.7. The van der Waals surface area contributed by atoms with Crippen LogP contribution in [-0.4, -0.2) is 10.9 Å². The summed E-state index contributed by atoms with van der Waals surface area (Å²) in [6.07, 6.45) is 0. The SMILES string of the molecule is O=C(c1ccccc1)c1ccc2oc(CO)cc2c1. The minimum absolute atomic E-state index is 0.0192. The fourth-order valence-corrected chi connectivity index (χ4v) is 2.07. The summed E-state index contributed by atoms with van der Waals surface area (Å²) in [4.78, 5) is 12.3. The molecule has 0 radical (unpaired) electrons. The van der Waals surface area contributed by atoms with Crippen LogP contribution in [0.1, 0.15) is 21.7 Å². The van der Waals surface area contributed by atoms with Crippen LogP contribution in [0.2, 0.25) is 0 Å². The lowest BCUT2D eigenvalue weighted by Gasteiger charge is -2.00. The molecule has 3 heteroatoms. The standard InChI is InChI=1S/C16H12O3/c17-10-14-9-13-8-12(6-7-15(13)19-14)16(18)11-4-2-1-3-5-11/h1-9,17H,10H2. The van der Waals surface area contributed by atoms with Gasteiger partial charge in [0.15, 0.2) is 5.78 Å². The van der Waals surface area contributed by atoms with Gasteiger partial charge in [-0.25, -0.2) is 0 Å².